The lowest BCUT2D eigenvalue weighted by molar-refractivity contribution is -0.221. The second-order valence-electron chi connectivity index (χ2n) is 25.9. The molecule has 118 heavy (non-hydrogen) atoms. The number of methoxy groups -OCH3 is 2. The lowest BCUT2D eigenvalue weighted by Gasteiger charge is -2.32. The highest BCUT2D eigenvalue weighted by molar-refractivity contribution is 9.11. The van der Waals surface area contributed by atoms with Crippen LogP contribution in [0.3, 0.4) is 0 Å². The summed E-state index contributed by atoms with van der Waals surface area (Å²) in [4.78, 5) is 73.4. The van der Waals surface area contributed by atoms with Gasteiger partial charge in [-0.3, -0.25) is 20.4 Å². The van der Waals surface area contributed by atoms with E-state index in [1.807, 2.05) is 130 Å². The first-order chi connectivity index (χ1) is 55.6. The number of aryl methyl sites for hydroxylation is 5. The maximum atomic E-state index is 13.7. The monoisotopic (exact) mass is 1840 g/mol. The number of hydrogen-bond donors (Lipinski definition) is 6. The zero-order valence-electron chi connectivity index (χ0n) is 65.5. The molecule has 0 atom stereocenters. The fraction of sp³-hybridized carbons (Fsp3) is 0.297. The molecule has 2 aliphatic heterocycles. The predicted octanol–water partition coefficient (Wildman–Crippen LogP) is 13.1. The van der Waals surface area contributed by atoms with Crippen LogP contribution in [0.25, 0.3) is 39.2 Å². The Balaban J connectivity index is 0.000000213. The van der Waals surface area contributed by atoms with Crippen LogP contribution < -0.4 is 33.5 Å². The number of fused-ring (bicyclic) bond motifs is 3. The molecule has 628 valence electrons. The summed E-state index contributed by atoms with van der Waals surface area (Å²) in [5.41, 5.74) is 29.4. The fourth-order valence-electron chi connectivity index (χ4n) is 9.47. The Kier molecular flexibility index (Phi) is 36.1. The highest BCUT2D eigenvalue weighted by Gasteiger charge is 2.52. The number of nitrogens with one attached hydrogen (secondary N) is 2. The number of alkyl halides is 6. The SMILES string of the molecule is C1CCOC1.CC1(C)OB(c2cnc(N)nc2)OC1(C)C.COC(OC)N(C)C.Cc1cc(N)ncc1Br.Cc1cc(N=CNO)ncc1Br.Cc1cc2ncnn2cc1-c1ccc(N)nc1.Cc1cc2ncnn2cc1-c1ccc(NC(=O)c2c(F)cccc2F)nc1.Cc1cc2ncnn2cc1Br.O=C(OC(=O)C(F)(F)F)C(F)(F)F. The van der Waals surface area contributed by atoms with Crippen LogP contribution in [-0.4, -0.2) is 187 Å². The van der Waals surface area contributed by atoms with Gasteiger partial charge in [-0.1, -0.05) is 6.07 Å². The van der Waals surface area contributed by atoms with Gasteiger partial charge >= 0.3 is 31.4 Å². The van der Waals surface area contributed by atoms with Gasteiger partial charge in [0.25, 0.3) is 5.91 Å². The number of ether oxygens (including phenoxy) is 4. The van der Waals surface area contributed by atoms with E-state index in [4.69, 9.17) is 45.9 Å². The Bertz CT molecular complexity index is 5200. The molecule has 44 heteroatoms. The Morgan fingerprint density at radius 2 is 1.04 bits per heavy atom. The maximum Gasteiger partial charge on any atom is 0.498 e. The van der Waals surface area contributed by atoms with E-state index < -0.39 is 54.5 Å². The molecule has 14 rings (SSSR count). The molecule has 1 amide bonds. The molecule has 0 radical (unpaired) electrons. The average molecular weight is 1840 g/mol. The van der Waals surface area contributed by atoms with Gasteiger partial charge in [-0.05, 0) is 232 Å². The van der Waals surface area contributed by atoms with Crippen molar-refractivity contribution in [3.05, 3.63) is 206 Å². The summed E-state index contributed by atoms with van der Waals surface area (Å²) in [5, 5.41) is 22.8. The average Bonchev–Trinajstić information content (AvgIpc) is 1.62. The summed E-state index contributed by atoms with van der Waals surface area (Å²) in [6.07, 6.45) is 12.5. The maximum absolute atomic E-state index is 13.7. The van der Waals surface area contributed by atoms with Gasteiger partial charge in [0.1, 0.15) is 60.0 Å². The van der Waals surface area contributed by atoms with Crippen LogP contribution >= 0.6 is 47.8 Å². The first kappa shape index (κ1) is 95.7. The molecule has 0 bridgehead atoms. The molecule has 2 fully saturated rings. The standard InChI is InChI=1S/C19H13F2N5O.C12H11N5.C10H16BN3O2.C7H8BrN3O.C7H6BrN3.C6H7BrN2.C5H13NO2.C4F6O3.C4H8O/c1-11-7-17-23-10-24-26(17)9-13(11)12-5-6-16(22-8-12)25-19(27)18-14(20)3-2-4-15(18)21;1-8-4-12-15-7-16-17(12)6-10(8)9-2-3-11(13)14-5-9;1-9(2)10(3,4)16-11(15-9)7-5-13-8(12)14-6-7;1-5-2-7(10-4-11-12)9-3-6(5)8;1-5-2-7-9-4-10-11(7)3-6(5)8;1-4-2-6(8)9-3-5(4)7;1-6(2)5(7-3)8-4;5-3(6,7)1(11)13-2(12)4(8,9)10;1-2-4-5-3-1/h2-10H,1H3,(H,22,25,27);2-7H,1H3,(H2,13,14);5-6H,1-4H3,(H2,12,13,14);2-4,12H,1H3,(H,9,10,11);2-4H,1H3;2-3H,1H3,(H2,8,9);5H,1-4H3;;1-4H2. The van der Waals surface area contributed by atoms with Crippen molar-refractivity contribution >= 4 is 131 Å². The van der Waals surface area contributed by atoms with Gasteiger partial charge in [0.15, 0.2) is 22.8 Å². The van der Waals surface area contributed by atoms with E-state index in [1.54, 1.807) is 107 Å². The van der Waals surface area contributed by atoms with Crippen molar-refractivity contribution < 1.29 is 83.0 Å². The number of esters is 2. The summed E-state index contributed by atoms with van der Waals surface area (Å²) >= 11 is 10.0. The number of amides is 1. The topological polar surface area (TPSA) is 412 Å². The smallest absolute Gasteiger partial charge is 0.399 e. The van der Waals surface area contributed by atoms with Gasteiger partial charge in [0.2, 0.25) is 12.4 Å². The highest BCUT2D eigenvalue weighted by Crippen LogP contribution is 2.37. The minimum atomic E-state index is -5.62. The molecule has 0 aliphatic carbocycles. The van der Waals surface area contributed by atoms with Crippen LogP contribution in [0.1, 0.15) is 78.7 Å². The number of hydrogen-bond acceptors (Lipinski definition) is 27. The van der Waals surface area contributed by atoms with Crippen molar-refractivity contribution in [2.45, 2.75) is 105 Å². The number of hydroxylamine groups is 1. The minimum Gasteiger partial charge on any atom is -0.399 e. The quantitative estimate of drug-likeness (QED) is 0.0108. The van der Waals surface area contributed by atoms with Gasteiger partial charge in [0, 0.05) is 124 Å². The van der Waals surface area contributed by atoms with Crippen LogP contribution in [0.2, 0.25) is 0 Å². The van der Waals surface area contributed by atoms with Crippen molar-refractivity contribution in [3.8, 4) is 22.3 Å². The van der Waals surface area contributed by atoms with Crippen molar-refractivity contribution in [3.63, 3.8) is 0 Å². The molecule has 9 N–H and O–H groups in total. The molecule has 32 nitrogen and oxygen atoms in total. The number of nitrogens with zero attached hydrogens (tertiary/aromatic N) is 17. The number of pyridine rings is 7. The summed E-state index contributed by atoms with van der Waals surface area (Å²) in [6.45, 7) is 20.0. The molecule has 0 spiro atoms. The fourth-order valence-corrected chi connectivity index (χ4v) is 10.2. The summed E-state index contributed by atoms with van der Waals surface area (Å²) in [6, 6.07) is 19.8. The molecule has 11 aromatic heterocycles. The number of rotatable bonds is 10. The highest BCUT2D eigenvalue weighted by atomic mass is 79.9. The van der Waals surface area contributed by atoms with Crippen LogP contribution in [0.5, 0.6) is 0 Å². The van der Waals surface area contributed by atoms with E-state index >= 15 is 0 Å². The number of nitrogens with two attached hydrogens (primary N) is 3. The lowest BCUT2D eigenvalue weighted by Crippen LogP contribution is -2.41. The molecule has 2 saturated heterocycles. The zero-order chi connectivity index (χ0) is 87.4. The largest absolute Gasteiger partial charge is 0.498 e. The van der Waals surface area contributed by atoms with E-state index in [0.717, 1.165) is 112 Å². The normalized spacial score (nSPS) is 13.1. The van der Waals surface area contributed by atoms with Gasteiger partial charge in [-0.15, -0.1) is 0 Å². The zero-order valence-corrected chi connectivity index (χ0v) is 70.3. The third-order valence-corrected chi connectivity index (χ3v) is 18.8. The molecule has 1 aromatic carbocycles. The Hall–Kier alpha value is -11.1. The second-order valence-corrected chi connectivity index (χ2v) is 28.5. The van der Waals surface area contributed by atoms with Crippen LogP contribution in [-0.2, 0) is 37.8 Å². The van der Waals surface area contributed by atoms with Crippen molar-refractivity contribution in [1.82, 2.24) is 84.1 Å². The van der Waals surface area contributed by atoms with E-state index in [2.05, 4.69) is 123 Å². The Labute approximate surface area is 696 Å². The van der Waals surface area contributed by atoms with Crippen molar-refractivity contribution in [2.75, 3.05) is 64.0 Å². The third-order valence-electron chi connectivity index (χ3n) is 16.3. The number of aliphatic imine (C=N–C) groups is 1. The number of carbonyl (C=O) groups is 3. The van der Waals surface area contributed by atoms with Crippen LogP contribution in [0.4, 0.5) is 64.3 Å². The van der Waals surface area contributed by atoms with E-state index in [0.29, 0.717) is 17.5 Å². The van der Waals surface area contributed by atoms with E-state index in [9.17, 15) is 49.5 Å². The van der Waals surface area contributed by atoms with Crippen LogP contribution in [0.15, 0.2) is 166 Å². The first-order valence-corrected chi connectivity index (χ1v) is 37.0. The van der Waals surface area contributed by atoms with E-state index in [1.165, 1.54) is 30.8 Å². The third kappa shape index (κ3) is 29.2. The summed E-state index contributed by atoms with van der Waals surface area (Å²) in [5.74, 6) is -7.08. The Morgan fingerprint density at radius 3 is 1.44 bits per heavy atom. The number of carbonyl (C=O) groups excluding carboxylic acids is 3. The lowest BCUT2D eigenvalue weighted by atomic mass is 9.81. The number of nitrogen functional groups attached to an aromatic ring is 3. The van der Waals surface area contributed by atoms with Crippen LogP contribution in [0, 0.1) is 46.3 Å². The second kappa shape index (κ2) is 44.5. The van der Waals surface area contributed by atoms with E-state index in [-0.39, 0.29) is 29.4 Å². The molecule has 2 aliphatic rings. The summed E-state index contributed by atoms with van der Waals surface area (Å²) < 4.78 is 132. The van der Waals surface area contributed by atoms with Gasteiger partial charge < -0.3 is 50.8 Å². The summed E-state index contributed by atoms with van der Waals surface area (Å²) in [7, 11) is 6.56. The van der Waals surface area contributed by atoms with Gasteiger partial charge in [-0.2, -0.15) is 41.6 Å². The minimum absolute atomic E-state index is 0.186. The first-order valence-electron chi connectivity index (χ1n) is 34.6. The number of anilines is 4. The molecule has 0 saturated carbocycles. The Morgan fingerprint density at radius 1 is 0.593 bits per heavy atom. The van der Waals surface area contributed by atoms with Gasteiger partial charge in [-0.25, -0.2) is 81.8 Å². The molecule has 13 heterocycles. The molecule has 12 aromatic rings. The number of halogens is 11. The molecular weight excluding hydrogens is 1760 g/mol. The van der Waals surface area contributed by atoms with Gasteiger partial charge in [0.05, 0.1) is 11.2 Å². The predicted molar refractivity (Wildman–Crippen MR) is 434 cm³/mol. The number of benzene rings is 1. The van der Waals surface area contributed by atoms with Crippen molar-refractivity contribution in [1.29, 1.82) is 0 Å². The molecule has 0 unspecified atom stereocenters. The molecular formula is C74H82BBr3F8N22O10. The van der Waals surface area contributed by atoms with Crippen molar-refractivity contribution in [2.24, 2.45) is 4.99 Å². The number of aromatic nitrogens is 15.